The molecule has 0 radical (unpaired) electrons. The van der Waals surface area contributed by atoms with Gasteiger partial charge < -0.3 is 19.6 Å². The molecule has 0 saturated heterocycles. The van der Waals surface area contributed by atoms with Gasteiger partial charge >= 0.3 is 0 Å². The Labute approximate surface area is 219 Å². The highest BCUT2D eigenvalue weighted by atomic mass is 16.5. The van der Waals surface area contributed by atoms with Gasteiger partial charge in [0.25, 0.3) is 11.8 Å². The van der Waals surface area contributed by atoms with Crippen LogP contribution in [-0.4, -0.2) is 75.6 Å². The Bertz CT molecular complexity index is 1150. The van der Waals surface area contributed by atoms with E-state index >= 15 is 0 Å². The van der Waals surface area contributed by atoms with Gasteiger partial charge in [-0.05, 0) is 38.0 Å². The molecular weight excluding hydrogens is 468 g/mol. The molecule has 4 rings (SSSR count). The molecule has 2 aromatic rings. The fourth-order valence-electron chi connectivity index (χ4n) is 4.89. The van der Waals surface area contributed by atoms with Crippen LogP contribution in [0.2, 0.25) is 0 Å². The van der Waals surface area contributed by atoms with Gasteiger partial charge in [0.2, 0.25) is 5.88 Å². The summed E-state index contributed by atoms with van der Waals surface area (Å²) in [7, 11) is 1.73. The van der Waals surface area contributed by atoms with E-state index in [4.69, 9.17) is 4.74 Å². The Balaban J connectivity index is 1.62. The summed E-state index contributed by atoms with van der Waals surface area (Å²) in [5.74, 6) is 6.69. The second kappa shape index (κ2) is 12.2. The number of hydrogen-bond donors (Lipinski definition) is 1. The molecular formula is C29H36N4O4. The fourth-order valence-corrected chi connectivity index (χ4v) is 4.89. The molecule has 196 valence electrons. The van der Waals surface area contributed by atoms with Gasteiger partial charge in [0, 0.05) is 55.1 Å². The van der Waals surface area contributed by atoms with Crippen LogP contribution in [-0.2, 0) is 0 Å². The highest BCUT2D eigenvalue weighted by molar-refractivity contribution is 5.97. The molecule has 2 aromatic heterocycles. The second-order valence-corrected chi connectivity index (χ2v) is 10.2. The van der Waals surface area contributed by atoms with Crippen LogP contribution in [0.15, 0.2) is 36.8 Å². The summed E-state index contributed by atoms with van der Waals surface area (Å²) < 4.78 is 6.31. The third-order valence-electron chi connectivity index (χ3n) is 7.27. The number of pyridine rings is 2. The minimum Gasteiger partial charge on any atom is -0.472 e. The zero-order valence-corrected chi connectivity index (χ0v) is 21.9. The zero-order chi connectivity index (χ0) is 26.4. The maximum absolute atomic E-state index is 13.6. The average Bonchev–Trinajstić information content (AvgIpc) is 2.94. The number of nitrogens with zero attached hydrogens (tertiary/aromatic N) is 4. The van der Waals surface area contributed by atoms with Crippen molar-refractivity contribution in [1.82, 2.24) is 19.8 Å². The molecule has 0 spiro atoms. The van der Waals surface area contributed by atoms with Crippen molar-refractivity contribution in [2.45, 2.75) is 58.1 Å². The molecule has 3 heterocycles. The Hall–Kier alpha value is -3.44. The lowest BCUT2D eigenvalue weighted by atomic mass is 9.90. The standard InChI is InChI=1S/C29H36N4O4/c1-20-17-33(21(2)19-34)29(36)25-15-23(10-9-22-7-5-4-6-8-22)16-31-27(25)37-26(20)18-32(3)28(35)24-11-13-30-14-12-24/h11-16,20-22,26,34H,4-8,17-19H2,1-3H3/t20-,21+,26+/m1/s1. The Morgan fingerprint density at radius 1 is 1.27 bits per heavy atom. The first-order valence-electron chi connectivity index (χ1n) is 13.1. The lowest BCUT2D eigenvalue weighted by molar-refractivity contribution is 0.0313. The van der Waals surface area contributed by atoms with E-state index in [0.29, 0.717) is 35.7 Å². The number of aromatic nitrogens is 2. The summed E-state index contributed by atoms with van der Waals surface area (Å²) >= 11 is 0. The molecule has 37 heavy (non-hydrogen) atoms. The normalized spacial score (nSPS) is 21.0. The summed E-state index contributed by atoms with van der Waals surface area (Å²) in [6, 6.07) is 4.72. The topological polar surface area (TPSA) is 95.9 Å². The maximum Gasteiger partial charge on any atom is 0.259 e. The highest BCUT2D eigenvalue weighted by Gasteiger charge is 2.34. The molecule has 1 N–H and O–H groups in total. The maximum atomic E-state index is 13.6. The van der Waals surface area contributed by atoms with Crippen LogP contribution >= 0.6 is 0 Å². The van der Waals surface area contributed by atoms with Crippen molar-refractivity contribution in [3.63, 3.8) is 0 Å². The Kier molecular flexibility index (Phi) is 8.78. The van der Waals surface area contributed by atoms with Crippen molar-refractivity contribution in [1.29, 1.82) is 0 Å². The third-order valence-corrected chi connectivity index (χ3v) is 7.27. The van der Waals surface area contributed by atoms with Crippen LogP contribution in [0.5, 0.6) is 5.88 Å². The van der Waals surface area contributed by atoms with Crippen LogP contribution in [0.1, 0.15) is 72.2 Å². The molecule has 1 saturated carbocycles. The van der Waals surface area contributed by atoms with E-state index < -0.39 is 6.10 Å². The van der Waals surface area contributed by atoms with E-state index in [1.165, 1.54) is 19.3 Å². The van der Waals surface area contributed by atoms with Gasteiger partial charge in [-0.3, -0.25) is 14.6 Å². The summed E-state index contributed by atoms with van der Waals surface area (Å²) in [4.78, 5) is 38.3. The molecule has 8 heteroatoms. The Morgan fingerprint density at radius 2 is 2.00 bits per heavy atom. The van der Waals surface area contributed by atoms with Gasteiger partial charge in [-0.2, -0.15) is 0 Å². The quantitative estimate of drug-likeness (QED) is 0.627. The van der Waals surface area contributed by atoms with Gasteiger partial charge in [-0.25, -0.2) is 4.98 Å². The average molecular weight is 505 g/mol. The zero-order valence-electron chi connectivity index (χ0n) is 21.9. The van der Waals surface area contributed by atoms with Gasteiger partial charge in [0.1, 0.15) is 11.7 Å². The van der Waals surface area contributed by atoms with Crippen LogP contribution in [0, 0.1) is 23.7 Å². The minimum absolute atomic E-state index is 0.119. The molecule has 1 fully saturated rings. The van der Waals surface area contributed by atoms with E-state index in [-0.39, 0.29) is 36.3 Å². The van der Waals surface area contributed by atoms with Crippen LogP contribution in [0.25, 0.3) is 0 Å². The SMILES string of the molecule is C[C@@H]1CN([C@@H](C)CO)C(=O)c2cc(C#CC3CCCCC3)cnc2O[C@H]1CN(C)C(=O)c1ccncc1. The summed E-state index contributed by atoms with van der Waals surface area (Å²) in [5.41, 5.74) is 1.55. The van der Waals surface area contributed by atoms with E-state index in [0.717, 1.165) is 12.8 Å². The predicted octanol–water partition coefficient (Wildman–Crippen LogP) is 3.40. The number of carbonyl (C=O) groups excluding carboxylic acids is 2. The van der Waals surface area contributed by atoms with Crippen LogP contribution < -0.4 is 4.74 Å². The number of aliphatic hydroxyl groups is 1. The summed E-state index contributed by atoms with van der Waals surface area (Å²) in [6.07, 6.45) is 10.3. The fraction of sp³-hybridized carbons (Fsp3) is 0.517. The molecule has 8 nitrogen and oxygen atoms in total. The van der Waals surface area contributed by atoms with Gasteiger partial charge in [0.15, 0.2) is 0 Å². The molecule has 0 aromatic carbocycles. The number of fused-ring (bicyclic) bond motifs is 1. The highest BCUT2D eigenvalue weighted by Crippen LogP contribution is 2.28. The minimum atomic E-state index is -0.414. The van der Waals surface area contributed by atoms with Gasteiger partial charge in [-0.15, -0.1) is 0 Å². The van der Waals surface area contributed by atoms with Crippen molar-refractivity contribution in [2.75, 3.05) is 26.7 Å². The van der Waals surface area contributed by atoms with E-state index in [9.17, 15) is 14.7 Å². The monoisotopic (exact) mass is 504 g/mol. The Morgan fingerprint density at radius 3 is 2.70 bits per heavy atom. The summed E-state index contributed by atoms with van der Waals surface area (Å²) in [5, 5.41) is 9.87. The van der Waals surface area contributed by atoms with E-state index in [1.54, 1.807) is 53.6 Å². The largest absolute Gasteiger partial charge is 0.472 e. The number of amides is 2. The first-order chi connectivity index (χ1) is 17.9. The summed E-state index contributed by atoms with van der Waals surface area (Å²) in [6.45, 7) is 4.33. The van der Waals surface area contributed by atoms with Gasteiger partial charge in [-0.1, -0.05) is 38.0 Å². The smallest absolute Gasteiger partial charge is 0.259 e. The molecule has 3 atom stereocenters. The van der Waals surface area contributed by atoms with Crippen molar-refractivity contribution in [2.24, 2.45) is 11.8 Å². The second-order valence-electron chi connectivity index (χ2n) is 10.2. The van der Waals surface area contributed by atoms with Crippen molar-refractivity contribution < 1.29 is 19.4 Å². The lowest BCUT2D eigenvalue weighted by Gasteiger charge is -2.37. The number of hydrogen-bond acceptors (Lipinski definition) is 6. The van der Waals surface area contributed by atoms with Crippen molar-refractivity contribution >= 4 is 11.8 Å². The van der Waals surface area contributed by atoms with Crippen molar-refractivity contribution in [3.05, 3.63) is 53.5 Å². The number of likely N-dealkylation sites (N-methyl/N-ethyl adjacent to an activating group) is 1. The first kappa shape index (κ1) is 26.6. The van der Waals surface area contributed by atoms with Crippen LogP contribution in [0.3, 0.4) is 0 Å². The number of aliphatic hydroxyl groups excluding tert-OH is 1. The molecule has 1 aliphatic heterocycles. The third kappa shape index (κ3) is 6.47. The molecule has 2 amide bonds. The number of ether oxygens (including phenoxy) is 1. The lowest BCUT2D eigenvalue weighted by Crippen LogP contribution is -2.50. The molecule has 2 aliphatic rings. The van der Waals surface area contributed by atoms with Gasteiger partial charge in [0.05, 0.1) is 19.2 Å². The molecule has 1 aliphatic carbocycles. The molecule has 0 unspecified atom stereocenters. The number of rotatable bonds is 5. The first-order valence-corrected chi connectivity index (χ1v) is 13.1. The van der Waals surface area contributed by atoms with E-state index in [2.05, 4.69) is 21.8 Å². The van der Waals surface area contributed by atoms with Crippen molar-refractivity contribution in [3.8, 4) is 17.7 Å². The molecule has 0 bridgehead atoms. The van der Waals surface area contributed by atoms with E-state index in [1.807, 2.05) is 13.8 Å². The van der Waals surface area contributed by atoms with Crippen LogP contribution in [0.4, 0.5) is 0 Å². The predicted molar refractivity (Wildman–Crippen MR) is 140 cm³/mol. The number of carbonyl (C=O) groups is 2.